The second-order valence-electron chi connectivity index (χ2n) is 5.65. The Morgan fingerprint density at radius 2 is 1.20 bits per heavy atom. The standard InChI is InChI=1S/C17H34O3/c1-2-3-4-5-6-7-9-12-15-20-16-13-10-8-11-14-17(18)19/h2-16H2,1H3,(H,18,19). The molecule has 0 spiro atoms. The van der Waals surface area contributed by atoms with E-state index in [1.54, 1.807) is 0 Å². The van der Waals surface area contributed by atoms with Crippen LogP contribution in [0.15, 0.2) is 0 Å². The molecule has 0 amide bonds. The van der Waals surface area contributed by atoms with E-state index >= 15 is 0 Å². The maximum Gasteiger partial charge on any atom is 0.303 e. The first-order chi connectivity index (χ1) is 9.77. The summed E-state index contributed by atoms with van der Waals surface area (Å²) in [6.45, 7) is 3.98. The van der Waals surface area contributed by atoms with Crippen LogP contribution in [0, 0.1) is 0 Å². The third kappa shape index (κ3) is 17.4. The minimum Gasteiger partial charge on any atom is -0.481 e. The van der Waals surface area contributed by atoms with Gasteiger partial charge in [0.2, 0.25) is 0 Å². The molecule has 0 saturated heterocycles. The topological polar surface area (TPSA) is 46.5 Å². The van der Waals surface area contributed by atoms with E-state index in [0.29, 0.717) is 6.42 Å². The molecule has 0 fully saturated rings. The summed E-state index contributed by atoms with van der Waals surface area (Å²) in [5.74, 6) is -0.684. The molecule has 0 aliphatic rings. The summed E-state index contributed by atoms with van der Waals surface area (Å²) in [5.41, 5.74) is 0. The number of carboxylic acids is 1. The number of unbranched alkanes of at least 4 members (excludes halogenated alkanes) is 10. The summed E-state index contributed by atoms with van der Waals surface area (Å²) in [4.78, 5) is 10.3. The molecule has 0 aliphatic heterocycles. The first-order valence-electron chi connectivity index (χ1n) is 8.57. The number of carbonyl (C=O) groups is 1. The molecule has 0 aromatic carbocycles. The minimum absolute atomic E-state index is 0.305. The lowest BCUT2D eigenvalue weighted by Crippen LogP contribution is -1.98. The normalized spacial score (nSPS) is 10.8. The van der Waals surface area contributed by atoms with Gasteiger partial charge < -0.3 is 9.84 Å². The highest BCUT2D eigenvalue weighted by atomic mass is 16.5. The average molecular weight is 286 g/mol. The fourth-order valence-corrected chi connectivity index (χ4v) is 2.27. The number of aliphatic carboxylic acids is 1. The number of hydrogen-bond donors (Lipinski definition) is 1. The summed E-state index contributed by atoms with van der Waals surface area (Å²) in [6, 6.07) is 0. The number of carboxylic acid groups (broad SMARTS) is 1. The second-order valence-corrected chi connectivity index (χ2v) is 5.65. The minimum atomic E-state index is -0.684. The molecule has 0 saturated carbocycles. The smallest absolute Gasteiger partial charge is 0.303 e. The highest BCUT2D eigenvalue weighted by molar-refractivity contribution is 5.66. The van der Waals surface area contributed by atoms with Crippen molar-refractivity contribution < 1.29 is 14.6 Å². The molecule has 1 N–H and O–H groups in total. The summed E-state index contributed by atoms with van der Waals surface area (Å²) < 4.78 is 5.59. The van der Waals surface area contributed by atoms with E-state index in [2.05, 4.69) is 6.92 Å². The van der Waals surface area contributed by atoms with Gasteiger partial charge in [0.1, 0.15) is 0 Å². The van der Waals surface area contributed by atoms with E-state index in [9.17, 15) is 4.79 Å². The van der Waals surface area contributed by atoms with E-state index in [0.717, 1.165) is 38.9 Å². The average Bonchev–Trinajstić information content (AvgIpc) is 2.43. The molecule has 120 valence electrons. The van der Waals surface area contributed by atoms with Crippen LogP contribution in [-0.2, 0) is 9.53 Å². The van der Waals surface area contributed by atoms with Crippen LogP contribution in [0.4, 0.5) is 0 Å². The Labute approximate surface area is 125 Å². The van der Waals surface area contributed by atoms with Gasteiger partial charge >= 0.3 is 5.97 Å². The largest absolute Gasteiger partial charge is 0.481 e. The molecule has 0 rings (SSSR count). The molecule has 3 heteroatoms. The van der Waals surface area contributed by atoms with Gasteiger partial charge in [-0.1, -0.05) is 64.7 Å². The van der Waals surface area contributed by atoms with Crippen LogP contribution in [0.25, 0.3) is 0 Å². The van der Waals surface area contributed by atoms with Crippen LogP contribution in [-0.4, -0.2) is 24.3 Å². The summed E-state index contributed by atoms with van der Waals surface area (Å²) in [7, 11) is 0. The Hall–Kier alpha value is -0.570. The molecule has 20 heavy (non-hydrogen) atoms. The van der Waals surface area contributed by atoms with E-state index < -0.39 is 5.97 Å². The van der Waals surface area contributed by atoms with Gasteiger partial charge in [-0.2, -0.15) is 0 Å². The van der Waals surface area contributed by atoms with E-state index in [1.165, 1.54) is 51.4 Å². The van der Waals surface area contributed by atoms with Crippen molar-refractivity contribution in [2.75, 3.05) is 13.2 Å². The highest BCUT2D eigenvalue weighted by Gasteiger charge is 1.96. The maximum absolute atomic E-state index is 10.3. The molecule has 0 aromatic rings. The molecule has 0 unspecified atom stereocenters. The van der Waals surface area contributed by atoms with Crippen LogP contribution in [0.5, 0.6) is 0 Å². The van der Waals surface area contributed by atoms with Crippen molar-refractivity contribution >= 4 is 5.97 Å². The Morgan fingerprint density at radius 1 is 0.750 bits per heavy atom. The molecule has 0 bridgehead atoms. The van der Waals surface area contributed by atoms with Crippen LogP contribution in [0.2, 0.25) is 0 Å². The van der Waals surface area contributed by atoms with E-state index in [1.807, 2.05) is 0 Å². The van der Waals surface area contributed by atoms with Gasteiger partial charge in [-0.05, 0) is 19.3 Å². The Bertz CT molecular complexity index is 204. The molecular formula is C17H34O3. The van der Waals surface area contributed by atoms with Crippen molar-refractivity contribution in [2.24, 2.45) is 0 Å². The molecule has 3 nitrogen and oxygen atoms in total. The van der Waals surface area contributed by atoms with Gasteiger partial charge in [-0.3, -0.25) is 4.79 Å². The molecule has 0 aromatic heterocycles. The molecular weight excluding hydrogens is 252 g/mol. The predicted octanol–water partition coefficient (Wildman–Crippen LogP) is 5.18. The molecule has 0 radical (unpaired) electrons. The van der Waals surface area contributed by atoms with Crippen LogP contribution in [0.3, 0.4) is 0 Å². The second kappa shape index (κ2) is 16.5. The van der Waals surface area contributed by atoms with Crippen LogP contribution >= 0.6 is 0 Å². The van der Waals surface area contributed by atoms with Gasteiger partial charge in [0.05, 0.1) is 0 Å². The van der Waals surface area contributed by atoms with Gasteiger partial charge in [0.15, 0.2) is 0 Å². The first-order valence-corrected chi connectivity index (χ1v) is 8.57. The highest BCUT2D eigenvalue weighted by Crippen LogP contribution is 2.08. The Kier molecular flexibility index (Phi) is 16.0. The number of hydrogen-bond acceptors (Lipinski definition) is 2. The quantitative estimate of drug-likeness (QED) is 0.398. The SMILES string of the molecule is CCCCCCCCCCOCCCCCCC(=O)O. The van der Waals surface area contributed by atoms with Crippen molar-refractivity contribution in [1.82, 2.24) is 0 Å². The number of rotatable bonds is 16. The first kappa shape index (κ1) is 19.4. The predicted molar refractivity (Wildman–Crippen MR) is 84.1 cm³/mol. The third-order valence-corrected chi connectivity index (χ3v) is 3.57. The van der Waals surface area contributed by atoms with Crippen molar-refractivity contribution in [3.8, 4) is 0 Å². The fourth-order valence-electron chi connectivity index (χ4n) is 2.27. The van der Waals surface area contributed by atoms with Gasteiger partial charge in [0.25, 0.3) is 0 Å². The fraction of sp³-hybridized carbons (Fsp3) is 0.941. The van der Waals surface area contributed by atoms with Gasteiger partial charge in [0, 0.05) is 19.6 Å². The van der Waals surface area contributed by atoms with Crippen molar-refractivity contribution in [3.05, 3.63) is 0 Å². The van der Waals surface area contributed by atoms with Crippen LogP contribution in [0.1, 0.15) is 90.4 Å². The lowest BCUT2D eigenvalue weighted by atomic mass is 10.1. The summed E-state index contributed by atoms with van der Waals surface area (Å²) in [5, 5.41) is 8.49. The van der Waals surface area contributed by atoms with E-state index in [4.69, 9.17) is 9.84 Å². The van der Waals surface area contributed by atoms with E-state index in [-0.39, 0.29) is 0 Å². The molecule has 0 heterocycles. The molecule has 0 aliphatic carbocycles. The van der Waals surface area contributed by atoms with Gasteiger partial charge in [-0.15, -0.1) is 0 Å². The zero-order valence-electron chi connectivity index (χ0n) is 13.4. The lowest BCUT2D eigenvalue weighted by molar-refractivity contribution is -0.137. The monoisotopic (exact) mass is 286 g/mol. The van der Waals surface area contributed by atoms with Gasteiger partial charge in [-0.25, -0.2) is 0 Å². The lowest BCUT2D eigenvalue weighted by Gasteiger charge is -2.04. The van der Waals surface area contributed by atoms with Crippen molar-refractivity contribution in [2.45, 2.75) is 90.4 Å². The van der Waals surface area contributed by atoms with Crippen molar-refractivity contribution in [1.29, 1.82) is 0 Å². The maximum atomic E-state index is 10.3. The van der Waals surface area contributed by atoms with Crippen LogP contribution < -0.4 is 0 Å². The zero-order valence-corrected chi connectivity index (χ0v) is 13.4. The zero-order chi connectivity index (χ0) is 14.9. The Balaban J connectivity index is 2.94. The molecule has 0 atom stereocenters. The Morgan fingerprint density at radius 3 is 1.70 bits per heavy atom. The van der Waals surface area contributed by atoms with Crippen molar-refractivity contribution in [3.63, 3.8) is 0 Å². The summed E-state index contributed by atoms with van der Waals surface area (Å²) in [6.07, 6.45) is 15.0. The number of ether oxygens (including phenoxy) is 1. The summed E-state index contributed by atoms with van der Waals surface area (Å²) >= 11 is 0. The third-order valence-electron chi connectivity index (χ3n) is 3.57.